The number of fused-ring (bicyclic) bond motifs is 3. The number of hydrogen-bond acceptors (Lipinski definition) is 5. The molecule has 0 saturated carbocycles. The number of nitrogens with one attached hydrogen (secondary N) is 1. The van der Waals surface area contributed by atoms with Crippen molar-refractivity contribution in [2.75, 3.05) is 14.2 Å². The molecule has 8 heteroatoms. The Morgan fingerprint density at radius 3 is 2.50 bits per heavy atom. The van der Waals surface area contributed by atoms with Crippen molar-refractivity contribution < 1.29 is 18.2 Å². The number of ether oxygens (including phenoxy) is 2. The summed E-state index contributed by atoms with van der Waals surface area (Å²) >= 11 is -2.28. The quantitative estimate of drug-likeness (QED) is 0.506. The summed E-state index contributed by atoms with van der Waals surface area (Å²) in [6.45, 7) is 0.257. The van der Waals surface area contributed by atoms with Crippen LogP contribution in [0.3, 0.4) is 0 Å². The molecule has 0 bridgehead atoms. The van der Waals surface area contributed by atoms with Gasteiger partial charge in [0, 0.05) is 52.7 Å². The third-order valence-electron chi connectivity index (χ3n) is 4.63. The van der Waals surface area contributed by atoms with Crippen molar-refractivity contribution in [2.45, 2.75) is 6.54 Å². The maximum absolute atomic E-state index is 10.7. The molecule has 2 aromatic heterocycles. The molecule has 0 spiro atoms. The monoisotopic (exact) mass is 396 g/mol. The van der Waals surface area contributed by atoms with Crippen molar-refractivity contribution in [1.29, 1.82) is 0 Å². The van der Waals surface area contributed by atoms with Gasteiger partial charge in [-0.05, 0) is 29.8 Å². The second-order valence-corrected chi connectivity index (χ2v) is 6.95. The first-order valence-corrected chi connectivity index (χ1v) is 9.62. The van der Waals surface area contributed by atoms with E-state index in [1.165, 1.54) is 0 Å². The average Bonchev–Trinajstić information content (AvgIpc) is 3.16. The number of nitrogens with zero attached hydrogens (tertiary/aromatic N) is 2. The zero-order valence-electron chi connectivity index (χ0n) is 15.3. The first-order valence-electron chi connectivity index (χ1n) is 8.54. The minimum Gasteiger partial charge on any atom is -0.760 e. The lowest BCUT2D eigenvalue weighted by atomic mass is 10.1. The van der Waals surface area contributed by atoms with Crippen molar-refractivity contribution in [1.82, 2.24) is 14.3 Å². The normalized spacial score (nSPS) is 12.4. The number of aromatic nitrogens is 2. The van der Waals surface area contributed by atoms with E-state index >= 15 is 0 Å². The van der Waals surface area contributed by atoms with Crippen LogP contribution in [0.2, 0.25) is 0 Å². The highest BCUT2D eigenvalue weighted by molar-refractivity contribution is 7.77. The predicted octanol–water partition coefficient (Wildman–Crippen LogP) is 3.08. The average molecular weight is 396 g/mol. The van der Waals surface area contributed by atoms with Crippen LogP contribution in [0.1, 0.15) is 5.56 Å². The maximum atomic E-state index is 10.7. The number of benzene rings is 2. The first kappa shape index (κ1) is 18.4. The van der Waals surface area contributed by atoms with Crippen LogP contribution in [0.25, 0.3) is 27.5 Å². The predicted molar refractivity (Wildman–Crippen MR) is 107 cm³/mol. The third kappa shape index (κ3) is 3.33. The molecule has 0 amide bonds. The Bertz CT molecular complexity index is 1170. The van der Waals surface area contributed by atoms with Gasteiger partial charge in [0.1, 0.15) is 0 Å². The molecule has 1 unspecified atom stereocenters. The van der Waals surface area contributed by atoms with Crippen LogP contribution in [0.4, 0.5) is 0 Å². The molecule has 0 fully saturated rings. The molecule has 2 heterocycles. The molecule has 4 rings (SSSR count). The molecule has 7 nitrogen and oxygen atoms in total. The molecule has 4 aromatic rings. The lowest BCUT2D eigenvalue weighted by Crippen LogP contribution is -2.15. The summed E-state index contributed by atoms with van der Waals surface area (Å²) in [4.78, 5) is 4.54. The van der Waals surface area contributed by atoms with Crippen LogP contribution >= 0.6 is 0 Å². The fraction of sp³-hybridized carbons (Fsp3) is 0.150. The summed E-state index contributed by atoms with van der Waals surface area (Å²) in [6, 6.07) is 13.5. The van der Waals surface area contributed by atoms with Gasteiger partial charge in [0.05, 0.1) is 25.3 Å². The summed E-state index contributed by atoms with van der Waals surface area (Å²) in [5, 5.41) is 1.96. The van der Waals surface area contributed by atoms with Crippen molar-refractivity contribution >= 4 is 33.1 Å². The van der Waals surface area contributed by atoms with Crippen molar-refractivity contribution in [3.8, 4) is 17.2 Å². The number of hydrogen-bond donors (Lipinski definition) is 1. The Labute approximate surface area is 164 Å². The number of methoxy groups -OCH3 is 2. The minimum atomic E-state index is -2.28. The highest BCUT2D eigenvalue weighted by Crippen LogP contribution is 2.35. The Morgan fingerprint density at radius 2 is 1.82 bits per heavy atom. The molecule has 0 aliphatic carbocycles. The molecule has 1 N–H and O–H groups in total. The molecular formula is C20H18N3O4S-. The lowest BCUT2D eigenvalue weighted by Gasteiger charge is -2.12. The molecule has 144 valence electrons. The summed E-state index contributed by atoms with van der Waals surface area (Å²) in [6.07, 6.45) is 3.82. The second kappa shape index (κ2) is 7.59. The SMILES string of the molecule is COc1cc2ncc3ccn(-c4ccc(CNS(=O)[O-])cc4)c3c2cc1OC. The molecular weight excluding hydrogens is 378 g/mol. The van der Waals surface area contributed by atoms with E-state index in [0.29, 0.717) is 11.5 Å². The van der Waals surface area contributed by atoms with E-state index in [9.17, 15) is 8.76 Å². The smallest absolute Gasteiger partial charge is 0.162 e. The van der Waals surface area contributed by atoms with Gasteiger partial charge in [-0.2, -0.15) is 0 Å². The van der Waals surface area contributed by atoms with Crippen LogP contribution in [-0.4, -0.2) is 32.5 Å². The van der Waals surface area contributed by atoms with Gasteiger partial charge in [0.15, 0.2) is 11.5 Å². The molecule has 1 atom stereocenters. The van der Waals surface area contributed by atoms with Crippen LogP contribution in [0.15, 0.2) is 54.9 Å². The molecule has 0 aliphatic heterocycles. The molecule has 2 aromatic carbocycles. The zero-order valence-corrected chi connectivity index (χ0v) is 16.2. The summed E-state index contributed by atoms with van der Waals surface area (Å²) in [5.74, 6) is 1.27. The summed E-state index contributed by atoms with van der Waals surface area (Å²) in [5.41, 5.74) is 3.66. The highest BCUT2D eigenvalue weighted by Gasteiger charge is 2.13. The van der Waals surface area contributed by atoms with Crippen LogP contribution < -0.4 is 14.2 Å². The van der Waals surface area contributed by atoms with Gasteiger partial charge in [-0.1, -0.05) is 12.1 Å². The number of rotatable bonds is 6. The standard InChI is InChI=1S/C20H19N3O4S/c1-26-18-9-16-17(10-19(18)27-2)21-12-14-7-8-23(20(14)16)15-5-3-13(4-6-15)11-22-28(24)25/h3-10,12,22H,11H2,1-2H3,(H,24,25)/p-1. The van der Waals surface area contributed by atoms with Crippen molar-refractivity contribution in [3.05, 3.63) is 60.4 Å². The number of pyridine rings is 1. The third-order valence-corrected chi connectivity index (χ3v) is 5.01. The van der Waals surface area contributed by atoms with Crippen LogP contribution in [0, 0.1) is 0 Å². The van der Waals surface area contributed by atoms with Gasteiger partial charge in [0.2, 0.25) is 0 Å². The van der Waals surface area contributed by atoms with E-state index in [-0.39, 0.29) is 6.54 Å². The first-order chi connectivity index (χ1) is 13.6. The van der Waals surface area contributed by atoms with E-state index in [4.69, 9.17) is 9.47 Å². The minimum absolute atomic E-state index is 0.257. The van der Waals surface area contributed by atoms with Gasteiger partial charge in [-0.15, -0.1) is 0 Å². The van der Waals surface area contributed by atoms with Crippen molar-refractivity contribution in [3.63, 3.8) is 0 Å². The van der Waals surface area contributed by atoms with Gasteiger partial charge < -0.3 is 18.6 Å². The fourth-order valence-electron chi connectivity index (χ4n) is 3.27. The van der Waals surface area contributed by atoms with E-state index in [2.05, 4.69) is 14.3 Å². The maximum Gasteiger partial charge on any atom is 0.162 e. The molecule has 0 saturated heterocycles. The Hall–Kier alpha value is -2.94. The second-order valence-electron chi connectivity index (χ2n) is 6.19. The lowest BCUT2D eigenvalue weighted by molar-refractivity contribution is 0.356. The Balaban J connectivity index is 1.83. The zero-order chi connectivity index (χ0) is 19.7. The highest BCUT2D eigenvalue weighted by atomic mass is 32.2. The molecule has 0 aliphatic rings. The van der Waals surface area contributed by atoms with E-state index in [1.807, 2.05) is 54.9 Å². The van der Waals surface area contributed by atoms with Crippen LogP contribution in [0.5, 0.6) is 11.5 Å². The van der Waals surface area contributed by atoms with E-state index < -0.39 is 11.3 Å². The summed E-state index contributed by atoms with van der Waals surface area (Å²) in [7, 11) is 3.21. The van der Waals surface area contributed by atoms with E-state index in [0.717, 1.165) is 33.1 Å². The van der Waals surface area contributed by atoms with E-state index in [1.54, 1.807) is 14.2 Å². The largest absolute Gasteiger partial charge is 0.760 e. The van der Waals surface area contributed by atoms with Gasteiger partial charge in [0.25, 0.3) is 0 Å². The fourth-order valence-corrected chi connectivity index (χ4v) is 3.56. The van der Waals surface area contributed by atoms with Crippen molar-refractivity contribution in [2.24, 2.45) is 0 Å². The Morgan fingerprint density at radius 1 is 1.11 bits per heavy atom. The van der Waals surface area contributed by atoms with Gasteiger partial charge in [-0.3, -0.25) is 9.19 Å². The van der Waals surface area contributed by atoms with Crippen LogP contribution in [-0.2, 0) is 17.8 Å². The Kier molecular flexibility index (Phi) is 4.99. The summed E-state index contributed by atoms with van der Waals surface area (Å²) < 4.78 is 36.6. The molecule has 28 heavy (non-hydrogen) atoms. The van der Waals surface area contributed by atoms with Gasteiger partial charge >= 0.3 is 0 Å². The molecule has 0 radical (unpaired) electrons. The van der Waals surface area contributed by atoms with Gasteiger partial charge in [-0.25, -0.2) is 4.72 Å². The topological polar surface area (TPSA) is 88.4 Å².